The molecule has 0 bridgehead atoms. The maximum absolute atomic E-state index is 12.4. The largest absolute Gasteiger partial charge is 0.485 e. The first-order chi connectivity index (χ1) is 14.3. The fraction of sp³-hybridized carbons (Fsp3) is 0.444. The third-order valence-corrected chi connectivity index (χ3v) is 6.73. The highest BCUT2D eigenvalue weighted by atomic mass is 32.2. The number of rotatable bonds is 3. The zero-order valence-corrected chi connectivity index (χ0v) is 16.7. The zero-order chi connectivity index (χ0) is 21.3. The SMILES string of the molecule is O=C(NNC(=O)C1COc2ccccc2O1)C1=NN(C2CCS(=O)(=O)C2)C(=O)CC1. The van der Waals surface area contributed by atoms with Gasteiger partial charge in [-0.3, -0.25) is 25.2 Å². The number of hydrogen-bond acceptors (Lipinski definition) is 8. The topological polar surface area (TPSA) is 143 Å². The van der Waals surface area contributed by atoms with Gasteiger partial charge in [-0.1, -0.05) is 12.1 Å². The van der Waals surface area contributed by atoms with Crippen LogP contribution < -0.4 is 20.3 Å². The van der Waals surface area contributed by atoms with Crippen LogP contribution in [0.2, 0.25) is 0 Å². The van der Waals surface area contributed by atoms with Crippen molar-refractivity contribution in [3.05, 3.63) is 24.3 Å². The number of hydrazone groups is 1. The van der Waals surface area contributed by atoms with Crippen molar-refractivity contribution in [1.82, 2.24) is 15.9 Å². The van der Waals surface area contributed by atoms with Crippen molar-refractivity contribution in [2.24, 2.45) is 5.10 Å². The molecule has 160 valence electrons. The monoisotopic (exact) mass is 436 g/mol. The average Bonchev–Trinajstić information content (AvgIpc) is 3.11. The number of carbonyl (C=O) groups excluding carboxylic acids is 3. The molecule has 2 unspecified atom stereocenters. The van der Waals surface area contributed by atoms with E-state index < -0.39 is 33.8 Å². The van der Waals surface area contributed by atoms with E-state index in [-0.39, 0.29) is 49.0 Å². The Bertz CT molecular complexity index is 1020. The lowest BCUT2D eigenvalue weighted by Crippen LogP contribution is -2.53. The van der Waals surface area contributed by atoms with Crippen LogP contribution in [-0.4, -0.2) is 67.1 Å². The second-order valence-corrected chi connectivity index (χ2v) is 9.38. The normalized spacial score (nSPS) is 24.7. The van der Waals surface area contributed by atoms with Crippen molar-refractivity contribution in [2.75, 3.05) is 18.1 Å². The number of para-hydroxylation sites is 2. The molecule has 1 aromatic carbocycles. The number of sulfone groups is 1. The van der Waals surface area contributed by atoms with Gasteiger partial charge in [0.05, 0.1) is 17.5 Å². The summed E-state index contributed by atoms with van der Waals surface area (Å²) in [5.41, 5.74) is 4.55. The molecular formula is C18H20N4O7S. The number of carbonyl (C=O) groups is 3. The average molecular weight is 436 g/mol. The van der Waals surface area contributed by atoms with E-state index in [9.17, 15) is 22.8 Å². The highest BCUT2D eigenvalue weighted by molar-refractivity contribution is 7.91. The predicted octanol–water partition coefficient (Wildman–Crippen LogP) is -0.861. The predicted molar refractivity (Wildman–Crippen MR) is 103 cm³/mol. The molecule has 11 nitrogen and oxygen atoms in total. The number of ether oxygens (including phenoxy) is 2. The van der Waals surface area contributed by atoms with Gasteiger partial charge in [0.2, 0.25) is 12.0 Å². The molecular weight excluding hydrogens is 416 g/mol. The lowest BCUT2D eigenvalue weighted by molar-refractivity contribution is -0.135. The zero-order valence-electron chi connectivity index (χ0n) is 15.9. The lowest BCUT2D eigenvalue weighted by Gasteiger charge is -2.28. The van der Waals surface area contributed by atoms with Gasteiger partial charge in [0.15, 0.2) is 21.3 Å². The summed E-state index contributed by atoms with van der Waals surface area (Å²) in [4.78, 5) is 36.8. The van der Waals surface area contributed by atoms with Gasteiger partial charge in [-0.05, 0) is 18.6 Å². The summed E-state index contributed by atoms with van der Waals surface area (Å²) < 4.78 is 34.4. The molecule has 3 heterocycles. The highest BCUT2D eigenvalue weighted by Crippen LogP contribution is 2.30. The van der Waals surface area contributed by atoms with E-state index in [1.807, 2.05) is 0 Å². The minimum atomic E-state index is -3.21. The van der Waals surface area contributed by atoms with Gasteiger partial charge in [-0.2, -0.15) is 5.10 Å². The number of benzene rings is 1. The van der Waals surface area contributed by atoms with Crippen LogP contribution >= 0.6 is 0 Å². The first-order valence-corrected chi connectivity index (χ1v) is 11.2. The molecule has 2 atom stereocenters. The first kappa shape index (κ1) is 20.1. The van der Waals surface area contributed by atoms with Crippen molar-refractivity contribution >= 4 is 33.3 Å². The third kappa shape index (κ3) is 4.22. The summed E-state index contributed by atoms with van der Waals surface area (Å²) in [5, 5.41) is 5.13. The van der Waals surface area contributed by atoms with E-state index in [1.54, 1.807) is 24.3 Å². The molecule has 30 heavy (non-hydrogen) atoms. The van der Waals surface area contributed by atoms with E-state index in [0.717, 1.165) is 5.01 Å². The molecule has 1 saturated heterocycles. The Kier molecular flexibility index (Phi) is 5.33. The van der Waals surface area contributed by atoms with E-state index in [0.29, 0.717) is 11.5 Å². The van der Waals surface area contributed by atoms with Gasteiger partial charge in [0.1, 0.15) is 12.3 Å². The van der Waals surface area contributed by atoms with E-state index in [4.69, 9.17) is 9.47 Å². The quantitative estimate of drug-likeness (QED) is 0.587. The Morgan fingerprint density at radius 3 is 2.63 bits per heavy atom. The van der Waals surface area contributed by atoms with Crippen molar-refractivity contribution < 1.29 is 32.3 Å². The summed E-state index contributed by atoms with van der Waals surface area (Å²) in [6.45, 7) is -0.0158. The molecule has 3 amide bonds. The van der Waals surface area contributed by atoms with Crippen molar-refractivity contribution in [3.63, 3.8) is 0 Å². The maximum atomic E-state index is 12.4. The van der Waals surface area contributed by atoms with Crippen LogP contribution in [0.4, 0.5) is 0 Å². The molecule has 0 saturated carbocycles. The number of hydrogen-bond donors (Lipinski definition) is 2. The van der Waals surface area contributed by atoms with Crippen LogP contribution in [0.25, 0.3) is 0 Å². The number of amides is 3. The van der Waals surface area contributed by atoms with Crippen molar-refractivity contribution in [3.8, 4) is 11.5 Å². The fourth-order valence-corrected chi connectivity index (χ4v) is 5.10. The minimum Gasteiger partial charge on any atom is -0.485 e. The van der Waals surface area contributed by atoms with Crippen molar-refractivity contribution in [1.29, 1.82) is 0 Å². The van der Waals surface area contributed by atoms with Crippen LogP contribution in [0, 0.1) is 0 Å². The van der Waals surface area contributed by atoms with Gasteiger partial charge in [-0.15, -0.1) is 0 Å². The number of nitrogens with one attached hydrogen (secondary N) is 2. The molecule has 12 heteroatoms. The maximum Gasteiger partial charge on any atom is 0.285 e. The van der Waals surface area contributed by atoms with Gasteiger partial charge >= 0.3 is 0 Å². The Labute approximate surface area is 172 Å². The molecule has 1 fully saturated rings. The van der Waals surface area contributed by atoms with E-state index in [2.05, 4.69) is 16.0 Å². The summed E-state index contributed by atoms with van der Waals surface area (Å²) >= 11 is 0. The second kappa shape index (κ2) is 7.94. The number of fused-ring (bicyclic) bond motifs is 1. The van der Waals surface area contributed by atoms with E-state index in [1.165, 1.54) is 0 Å². The van der Waals surface area contributed by atoms with Gasteiger partial charge in [0, 0.05) is 12.8 Å². The van der Waals surface area contributed by atoms with Crippen molar-refractivity contribution in [2.45, 2.75) is 31.4 Å². The second-order valence-electron chi connectivity index (χ2n) is 7.15. The Morgan fingerprint density at radius 2 is 1.90 bits per heavy atom. The van der Waals surface area contributed by atoms with Gasteiger partial charge in [0.25, 0.3) is 11.8 Å². The highest BCUT2D eigenvalue weighted by Gasteiger charge is 2.37. The molecule has 3 aliphatic heterocycles. The van der Waals surface area contributed by atoms with E-state index >= 15 is 0 Å². The molecule has 4 rings (SSSR count). The Hall–Kier alpha value is -3.15. The summed E-state index contributed by atoms with van der Waals surface area (Å²) in [5.74, 6) is -0.851. The van der Waals surface area contributed by atoms with Crippen LogP contribution in [-0.2, 0) is 24.2 Å². The smallest absolute Gasteiger partial charge is 0.285 e. The standard InChI is InChI=1S/C18H20N4O7S/c23-16-6-5-12(21-22(16)11-7-8-30(26,27)10-11)17(24)19-20-18(25)15-9-28-13-3-1-2-4-14(13)29-15/h1-4,11,15H,5-10H2,(H,19,24)(H,20,25). The molecule has 0 spiro atoms. The van der Waals surface area contributed by atoms with Crippen LogP contribution in [0.1, 0.15) is 19.3 Å². The van der Waals surface area contributed by atoms with Crippen LogP contribution in [0.15, 0.2) is 29.4 Å². The van der Waals surface area contributed by atoms with Crippen LogP contribution in [0.3, 0.4) is 0 Å². The summed E-state index contributed by atoms with van der Waals surface area (Å²) in [7, 11) is -3.21. The number of hydrazine groups is 1. The van der Waals surface area contributed by atoms with Gasteiger partial charge < -0.3 is 9.47 Å². The minimum absolute atomic E-state index is 0.0128. The molecule has 1 aromatic rings. The first-order valence-electron chi connectivity index (χ1n) is 9.41. The number of nitrogens with zero attached hydrogens (tertiary/aromatic N) is 2. The summed E-state index contributed by atoms with van der Waals surface area (Å²) in [6.07, 6.45) is -0.542. The third-order valence-electron chi connectivity index (χ3n) is 4.98. The molecule has 0 radical (unpaired) electrons. The summed E-state index contributed by atoms with van der Waals surface area (Å²) in [6, 6.07) is 6.33. The molecule has 0 aromatic heterocycles. The fourth-order valence-electron chi connectivity index (χ4n) is 3.41. The van der Waals surface area contributed by atoms with Gasteiger partial charge in [-0.25, -0.2) is 13.4 Å². The lowest BCUT2D eigenvalue weighted by atomic mass is 10.1. The Balaban J connectivity index is 1.35. The molecule has 2 N–H and O–H groups in total. The molecule has 3 aliphatic rings. The Morgan fingerprint density at radius 1 is 1.13 bits per heavy atom. The molecule has 0 aliphatic carbocycles. The van der Waals surface area contributed by atoms with Crippen LogP contribution in [0.5, 0.6) is 11.5 Å².